The van der Waals surface area contributed by atoms with E-state index in [2.05, 4.69) is 46.1 Å². The summed E-state index contributed by atoms with van der Waals surface area (Å²) >= 11 is 0. The van der Waals surface area contributed by atoms with Crippen LogP contribution in [-0.4, -0.2) is 16.5 Å². The number of rotatable bonds is 5. The zero-order chi connectivity index (χ0) is 12.8. The highest BCUT2D eigenvalue weighted by Crippen LogP contribution is 2.13. The highest BCUT2D eigenvalue weighted by Gasteiger charge is 2.07. The van der Waals surface area contributed by atoms with Crippen molar-refractivity contribution >= 4 is 5.82 Å². The van der Waals surface area contributed by atoms with Gasteiger partial charge in [-0.3, -0.25) is 0 Å². The highest BCUT2D eigenvalue weighted by atomic mass is 15.2. The molecule has 0 aliphatic rings. The second kappa shape index (κ2) is 6.12. The van der Waals surface area contributed by atoms with Gasteiger partial charge in [0.1, 0.15) is 11.6 Å². The number of nitrogens with zero attached hydrogens (tertiary/aromatic N) is 3. The molecule has 2 aromatic rings. The van der Waals surface area contributed by atoms with Crippen molar-refractivity contribution in [3.63, 3.8) is 0 Å². The molecule has 0 aliphatic carbocycles. The molecule has 0 bridgehead atoms. The second-order valence-electron chi connectivity index (χ2n) is 4.03. The lowest BCUT2D eigenvalue weighted by molar-refractivity contribution is 0.793. The monoisotopic (exact) mass is 242 g/mol. The average Bonchev–Trinajstić information content (AvgIpc) is 2.46. The van der Waals surface area contributed by atoms with Crippen LogP contribution in [0.5, 0.6) is 0 Å². The SMILES string of the molecule is CCN(Cc1ccccc1)c1ccnc(CN)n1. The molecule has 0 saturated heterocycles. The fourth-order valence-corrected chi connectivity index (χ4v) is 1.82. The fraction of sp³-hybridized carbons (Fsp3) is 0.286. The second-order valence-corrected chi connectivity index (χ2v) is 4.03. The predicted molar refractivity (Wildman–Crippen MR) is 73.1 cm³/mol. The standard InChI is InChI=1S/C14H18N4/c1-2-18(11-12-6-4-3-5-7-12)14-8-9-16-13(10-15)17-14/h3-9H,2,10-11,15H2,1H3. The Morgan fingerprint density at radius 3 is 2.61 bits per heavy atom. The Hall–Kier alpha value is -1.94. The molecule has 0 aliphatic heterocycles. The molecule has 94 valence electrons. The van der Waals surface area contributed by atoms with Gasteiger partial charge >= 0.3 is 0 Å². The Kier molecular flexibility index (Phi) is 4.25. The van der Waals surface area contributed by atoms with Gasteiger partial charge in [-0.15, -0.1) is 0 Å². The van der Waals surface area contributed by atoms with E-state index in [-0.39, 0.29) is 0 Å². The summed E-state index contributed by atoms with van der Waals surface area (Å²) in [6, 6.07) is 12.3. The van der Waals surface area contributed by atoms with E-state index in [1.807, 2.05) is 12.1 Å². The highest BCUT2D eigenvalue weighted by molar-refractivity contribution is 5.38. The molecule has 4 nitrogen and oxygen atoms in total. The van der Waals surface area contributed by atoms with Crippen LogP contribution >= 0.6 is 0 Å². The summed E-state index contributed by atoms with van der Waals surface area (Å²) in [5.74, 6) is 1.61. The maximum atomic E-state index is 5.57. The van der Waals surface area contributed by atoms with Crippen molar-refractivity contribution in [2.75, 3.05) is 11.4 Å². The molecule has 4 heteroatoms. The van der Waals surface area contributed by atoms with Gasteiger partial charge in [0.05, 0.1) is 6.54 Å². The minimum Gasteiger partial charge on any atom is -0.352 e. The zero-order valence-corrected chi connectivity index (χ0v) is 10.6. The Labute approximate surface area is 107 Å². The van der Waals surface area contributed by atoms with Gasteiger partial charge in [0.25, 0.3) is 0 Å². The third kappa shape index (κ3) is 3.05. The molecular formula is C14H18N4. The van der Waals surface area contributed by atoms with E-state index in [4.69, 9.17) is 5.73 Å². The largest absolute Gasteiger partial charge is 0.352 e. The Morgan fingerprint density at radius 2 is 1.94 bits per heavy atom. The van der Waals surface area contributed by atoms with Crippen LogP contribution in [0.4, 0.5) is 5.82 Å². The van der Waals surface area contributed by atoms with Crippen LogP contribution in [0.25, 0.3) is 0 Å². The van der Waals surface area contributed by atoms with Gasteiger partial charge < -0.3 is 10.6 Å². The molecule has 0 radical (unpaired) electrons. The lowest BCUT2D eigenvalue weighted by Crippen LogP contribution is -2.23. The number of hydrogen-bond acceptors (Lipinski definition) is 4. The summed E-state index contributed by atoms with van der Waals surface area (Å²) in [4.78, 5) is 10.8. The molecule has 1 aromatic carbocycles. The fourth-order valence-electron chi connectivity index (χ4n) is 1.82. The van der Waals surface area contributed by atoms with Crippen LogP contribution in [-0.2, 0) is 13.1 Å². The van der Waals surface area contributed by atoms with Crippen LogP contribution in [0.15, 0.2) is 42.6 Å². The van der Waals surface area contributed by atoms with Crippen molar-refractivity contribution in [3.05, 3.63) is 54.0 Å². The number of nitrogens with two attached hydrogens (primary N) is 1. The lowest BCUT2D eigenvalue weighted by atomic mass is 10.2. The third-order valence-corrected chi connectivity index (χ3v) is 2.80. The average molecular weight is 242 g/mol. The van der Waals surface area contributed by atoms with E-state index < -0.39 is 0 Å². The van der Waals surface area contributed by atoms with Crippen LogP contribution in [0.2, 0.25) is 0 Å². The normalized spacial score (nSPS) is 10.3. The van der Waals surface area contributed by atoms with Crippen LogP contribution in [0.1, 0.15) is 18.3 Å². The first-order valence-corrected chi connectivity index (χ1v) is 6.14. The minimum atomic E-state index is 0.372. The van der Waals surface area contributed by atoms with Crippen LogP contribution < -0.4 is 10.6 Å². The summed E-state index contributed by atoms with van der Waals surface area (Å²) in [5, 5.41) is 0. The maximum absolute atomic E-state index is 5.57. The van der Waals surface area contributed by atoms with Crippen LogP contribution in [0, 0.1) is 0 Å². The summed E-state index contributed by atoms with van der Waals surface area (Å²) in [6.07, 6.45) is 1.76. The molecule has 0 saturated carbocycles. The van der Waals surface area contributed by atoms with Gasteiger partial charge in [-0.2, -0.15) is 0 Å². The molecule has 2 N–H and O–H groups in total. The molecule has 18 heavy (non-hydrogen) atoms. The van der Waals surface area contributed by atoms with Gasteiger partial charge in [0.2, 0.25) is 0 Å². The number of aromatic nitrogens is 2. The van der Waals surface area contributed by atoms with Gasteiger partial charge in [-0.05, 0) is 18.6 Å². The molecule has 0 fully saturated rings. The quantitative estimate of drug-likeness (QED) is 0.870. The van der Waals surface area contributed by atoms with Crippen molar-refractivity contribution in [2.45, 2.75) is 20.0 Å². The summed E-state index contributed by atoms with van der Waals surface area (Å²) in [6.45, 7) is 4.23. The van der Waals surface area contributed by atoms with Gasteiger partial charge in [-0.1, -0.05) is 30.3 Å². The zero-order valence-electron chi connectivity index (χ0n) is 10.6. The van der Waals surface area contributed by atoms with Gasteiger partial charge in [0, 0.05) is 19.3 Å². The molecule has 0 amide bonds. The topological polar surface area (TPSA) is 55.0 Å². The molecule has 1 aromatic heterocycles. The maximum Gasteiger partial charge on any atom is 0.144 e. The third-order valence-electron chi connectivity index (χ3n) is 2.80. The number of hydrogen-bond donors (Lipinski definition) is 1. The summed E-state index contributed by atoms with van der Waals surface area (Å²) < 4.78 is 0. The van der Waals surface area contributed by atoms with E-state index in [9.17, 15) is 0 Å². The lowest BCUT2D eigenvalue weighted by Gasteiger charge is -2.22. The Balaban J connectivity index is 2.17. The van der Waals surface area contributed by atoms with Gasteiger partial charge in [0.15, 0.2) is 0 Å². The Bertz CT molecular complexity index is 484. The number of anilines is 1. The van der Waals surface area contributed by atoms with Crippen LogP contribution in [0.3, 0.4) is 0 Å². The molecule has 2 rings (SSSR count). The number of benzene rings is 1. The van der Waals surface area contributed by atoms with Crippen molar-refractivity contribution in [2.24, 2.45) is 5.73 Å². The van der Waals surface area contributed by atoms with E-state index in [1.165, 1.54) is 5.56 Å². The van der Waals surface area contributed by atoms with Gasteiger partial charge in [-0.25, -0.2) is 9.97 Å². The van der Waals surface area contributed by atoms with E-state index >= 15 is 0 Å². The van der Waals surface area contributed by atoms with E-state index in [1.54, 1.807) is 6.20 Å². The van der Waals surface area contributed by atoms with Crippen molar-refractivity contribution in [3.8, 4) is 0 Å². The van der Waals surface area contributed by atoms with Crippen molar-refractivity contribution in [1.82, 2.24) is 9.97 Å². The van der Waals surface area contributed by atoms with Crippen molar-refractivity contribution < 1.29 is 0 Å². The summed E-state index contributed by atoms with van der Waals surface area (Å²) in [7, 11) is 0. The molecule has 0 spiro atoms. The molecular weight excluding hydrogens is 224 g/mol. The first kappa shape index (κ1) is 12.5. The molecule has 1 heterocycles. The first-order valence-electron chi connectivity index (χ1n) is 6.14. The predicted octanol–water partition coefficient (Wildman–Crippen LogP) is 1.96. The smallest absolute Gasteiger partial charge is 0.144 e. The Morgan fingerprint density at radius 1 is 1.17 bits per heavy atom. The van der Waals surface area contributed by atoms with Crippen molar-refractivity contribution in [1.29, 1.82) is 0 Å². The first-order chi connectivity index (χ1) is 8.83. The van der Waals surface area contributed by atoms with E-state index in [0.717, 1.165) is 18.9 Å². The van der Waals surface area contributed by atoms with E-state index in [0.29, 0.717) is 12.4 Å². The molecule has 0 unspecified atom stereocenters. The minimum absolute atomic E-state index is 0.372. The summed E-state index contributed by atoms with van der Waals surface area (Å²) in [5.41, 5.74) is 6.84. The molecule has 0 atom stereocenters.